The lowest BCUT2D eigenvalue weighted by Crippen LogP contribution is -2.58. The Kier molecular flexibility index (Phi) is 16.8. The third-order valence-electron chi connectivity index (χ3n) is 13.0. The molecular formula is C50H69N9O9S2Si. The molecule has 71 heavy (non-hydrogen) atoms. The van der Waals surface area contributed by atoms with Crippen molar-refractivity contribution in [2.75, 3.05) is 64.5 Å². The van der Waals surface area contributed by atoms with Crippen molar-refractivity contribution in [2.45, 2.75) is 107 Å². The van der Waals surface area contributed by atoms with E-state index in [0.717, 1.165) is 12.1 Å². The summed E-state index contributed by atoms with van der Waals surface area (Å²) in [6, 6.07) is 28.7. The number of piperazine rings is 1. The molecule has 2 saturated heterocycles. The highest BCUT2D eigenvalue weighted by molar-refractivity contribution is 7.92. The lowest BCUT2D eigenvalue weighted by molar-refractivity contribution is -0.0116. The molecule has 2 aliphatic heterocycles. The first-order chi connectivity index (χ1) is 33.5. The number of sulfonamides is 2. The number of aromatic nitrogens is 4. The zero-order valence-corrected chi connectivity index (χ0v) is 44.9. The fraction of sp³-hybridized carbons (Fsp3) is 0.480. The number of hydrogen-bond donors (Lipinski definition) is 2. The van der Waals surface area contributed by atoms with E-state index in [-0.39, 0.29) is 55.2 Å². The first-order valence-corrected chi connectivity index (χ1v) is 29.7. The first kappa shape index (κ1) is 53.5. The standard InChI is InChI=1S/C50H69N9O9S2Si/c1-49(2,3)67-48(60)51-30-42(68-71(8,9)50(4,5)6)31-52-69(61,62)44-25-24-43(57-27-26-56-28-29-66-36-40(56)35-57)45(47-53-55-59(54-47)34-39-20-22-41(65-7)23-21-39)46(44)70(63,64)58(32-37-16-12-10-13-17-37)33-38-18-14-11-15-19-38/h10-25,40,42,52H,26-36H2,1-9H3,(H,51,60)/t40?,42-/m1/s1. The Hall–Kier alpha value is -5.26. The molecule has 3 heterocycles. The molecule has 2 atom stereocenters. The molecule has 18 nitrogen and oxygen atoms in total. The molecule has 0 bridgehead atoms. The summed E-state index contributed by atoms with van der Waals surface area (Å²) in [7, 11) is -10.6. The summed E-state index contributed by atoms with van der Waals surface area (Å²) in [5.41, 5.74) is 1.84. The molecule has 2 N–H and O–H groups in total. The van der Waals surface area contributed by atoms with Crippen molar-refractivity contribution < 1.29 is 40.3 Å². The largest absolute Gasteiger partial charge is 0.497 e. The predicted molar refractivity (Wildman–Crippen MR) is 275 cm³/mol. The number of rotatable bonds is 19. The minimum absolute atomic E-state index is 0.00558. The van der Waals surface area contributed by atoms with Crippen LogP contribution in [-0.4, -0.2) is 138 Å². The fourth-order valence-corrected chi connectivity index (χ4v) is 13.1. The van der Waals surface area contributed by atoms with Crippen LogP contribution in [0.4, 0.5) is 10.5 Å². The minimum Gasteiger partial charge on any atom is -0.497 e. The van der Waals surface area contributed by atoms with Crippen LogP contribution in [0.1, 0.15) is 58.2 Å². The Balaban J connectivity index is 1.40. The molecule has 1 unspecified atom stereocenters. The third-order valence-corrected chi connectivity index (χ3v) is 21.0. The maximum Gasteiger partial charge on any atom is 0.407 e. The number of fused-ring (bicyclic) bond motifs is 1. The minimum atomic E-state index is -4.83. The summed E-state index contributed by atoms with van der Waals surface area (Å²) >= 11 is 0. The van der Waals surface area contributed by atoms with Gasteiger partial charge in [0.15, 0.2) is 8.32 Å². The van der Waals surface area contributed by atoms with Gasteiger partial charge in [0.05, 0.1) is 44.6 Å². The maximum atomic E-state index is 16.2. The molecule has 1 aromatic heterocycles. The third kappa shape index (κ3) is 13.6. The number of amides is 1. The van der Waals surface area contributed by atoms with Crippen LogP contribution in [0, 0.1) is 0 Å². The summed E-state index contributed by atoms with van der Waals surface area (Å²) in [6.07, 6.45) is -1.57. The highest BCUT2D eigenvalue weighted by atomic mass is 32.2. The summed E-state index contributed by atoms with van der Waals surface area (Å²) < 4.78 is 90.5. The number of alkyl carbamates (subject to hydrolysis) is 1. The van der Waals surface area contributed by atoms with Crippen LogP contribution in [0.15, 0.2) is 107 Å². The van der Waals surface area contributed by atoms with Crippen LogP contribution < -0.4 is 19.7 Å². The van der Waals surface area contributed by atoms with E-state index in [2.05, 4.69) is 50.9 Å². The summed E-state index contributed by atoms with van der Waals surface area (Å²) in [5.74, 6) is 0.592. The smallest absolute Gasteiger partial charge is 0.407 e. The Morgan fingerprint density at radius 3 is 2.10 bits per heavy atom. The topological polar surface area (TPSA) is 200 Å². The zero-order valence-electron chi connectivity index (χ0n) is 42.3. The second-order valence-corrected chi connectivity index (χ2v) is 28.8. The van der Waals surface area contributed by atoms with Crippen molar-refractivity contribution in [1.82, 2.24) is 39.5 Å². The number of nitrogens with zero attached hydrogens (tertiary/aromatic N) is 7. The van der Waals surface area contributed by atoms with Crippen molar-refractivity contribution in [3.8, 4) is 17.1 Å². The van der Waals surface area contributed by atoms with Crippen molar-refractivity contribution in [2.24, 2.45) is 0 Å². The number of carbonyl (C=O) groups is 1. The highest BCUT2D eigenvalue weighted by Crippen LogP contribution is 2.42. The Morgan fingerprint density at radius 1 is 0.845 bits per heavy atom. The quantitative estimate of drug-likeness (QED) is 0.0850. The molecule has 5 aromatic rings. The van der Waals surface area contributed by atoms with E-state index >= 15 is 16.8 Å². The lowest BCUT2D eigenvalue weighted by Gasteiger charge is -2.45. The van der Waals surface area contributed by atoms with Crippen LogP contribution in [0.2, 0.25) is 18.1 Å². The van der Waals surface area contributed by atoms with Gasteiger partial charge in [-0.25, -0.2) is 26.4 Å². The van der Waals surface area contributed by atoms with E-state index in [4.69, 9.17) is 23.7 Å². The Morgan fingerprint density at radius 2 is 1.49 bits per heavy atom. The molecule has 4 aromatic carbocycles. The molecule has 2 fully saturated rings. The molecule has 384 valence electrons. The van der Waals surface area contributed by atoms with Crippen LogP contribution >= 0.6 is 0 Å². The van der Waals surface area contributed by atoms with Crippen molar-refractivity contribution in [1.29, 1.82) is 0 Å². The fourth-order valence-electron chi connectivity index (χ4n) is 8.24. The van der Waals surface area contributed by atoms with Gasteiger partial charge < -0.3 is 28.9 Å². The van der Waals surface area contributed by atoms with E-state index in [1.807, 2.05) is 98.0 Å². The van der Waals surface area contributed by atoms with Crippen LogP contribution in [0.5, 0.6) is 5.75 Å². The first-order valence-electron chi connectivity index (χ1n) is 23.9. The predicted octanol–water partition coefficient (Wildman–Crippen LogP) is 6.50. The number of benzene rings is 4. The lowest BCUT2D eigenvalue weighted by atomic mass is 10.1. The molecule has 0 radical (unpaired) electrons. The number of carbonyl (C=O) groups excluding carboxylic acids is 1. The molecule has 2 aliphatic rings. The van der Waals surface area contributed by atoms with Gasteiger partial charge in [0.1, 0.15) is 21.1 Å². The van der Waals surface area contributed by atoms with Crippen molar-refractivity contribution >= 4 is 40.1 Å². The number of anilines is 1. The number of morpholine rings is 1. The number of ether oxygens (including phenoxy) is 3. The molecule has 1 amide bonds. The molecule has 0 spiro atoms. The normalized spacial score (nSPS) is 16.6. The number of tetrazole rings is 1. The summed E-state index contributed by atoms with van der Waals surface area (Å²) in [5, 5.41) is 16.2. The van der Waals surface area contributed by atoms with Gasteiger partial charge in [-0.05, 0) is 85.1 Å². The van der Waals surface area contributed by atoms with Gasteiger partial charge in [0, 0.05) is 58.0 Å². The molecular weight excluding hydrogens is 963 g/mol. The van der Waals surface area contributed by atoms with E-state index < -0.39 is 56.0 Å². The average molecular weight is 1030 g/mol. The van der Waals surface area contributed by atoms with Crippen LogP contribution in [0.25, 0.3) is 11.4 Å². The Labute approximate surface area is 420 Å². The molecule has 21 heteroatoms. The monoisotopic (exact) mass is 1030 g/mol. The van der Waals surface area contributed by atoms with Gasteiger partial charge in [0.2, 0.25) is 25.9 Å². The van der Waals surface area contributed by atoms with E-state index in [1.54, 1.807) is 33.9 Å². The average Bonchev–Trinajstić information content (AvgIpc) is 3.79. The molecule has 0 saturated carbocycles. The van der Waals surface area contributed by atoms with Gasteiger partial charge in [0.25, 0.3) is 0 Å². The van der Waals surface area contributed by atoms with E-state index in [0.29, 0.717) is 55.4 Å². The van der Waals surface area contributed by atoms with Gasteiger partial charge in [-0.3, -0.25) is 4.90 Å². The zero-order chi connectivity index (χ0) is 51.2. The molecule has 0 aliphatic carbocycles. The van der Waals surface area contributed by atoms with E-state index in [1.165, 1.54) is 15.2 Å². The van der Waals surface area contributed by atoms with Gasteiger partial charge in [-0.2, -0.15) is 9.10 Å². The highest BCUT2D eigenvalue weighted by Gasteiger charge is 2.42. The number of methoxy groups -OCH3 is 1. The van der Waals surface area contributed by atoms with Gasteiger partial charge in [-0.15, -0.1) is 10.2 Å². The maximum absolute atomic E-state index is 16.2. The number of hydrogen-bond acceptors (Lipinski definition) is 14. The second kappa shape index (κ2) is 22.2. The Bertz CT molecular complexity index is 2770. The van der Waals surface area contributed by atoms with Crippen LogP contribution in [0.3, 0.4) is 0 Å². The summed E-state index contributed by atoms with van der Waals surface area (Å²) in [6.45, 7) is 18.5. The SMILES string of the molecule is COc1ccc(Cn2nnc(-c3c(N4CCN5CCOCC5C4)ccc(S(=O)(=O)NC[C@@H](CNC(=O)OC(C)(C)C)O[Si](C)(C)C(C)(C)C)c3S(=O)(=O)N(Cc3ccccc3)Cc3ccccc3)n2)cc1. The van der Waals surface area contributed by atoms with E-state index in [9.17, 15) is 4.79 Å². The van der Waals surface area contributed by atoms with Crippen molar-refractivity contribution in [3.63, 3.8) is 0 Å². The molecule has 7 rings (SSSR count). The number of nitrogens with one attached hydrogen (secondary N) is 2. The van der Waals surface area contributed by atoms with Crippen LogP contribution in [-0.2, 0) is 53.6 Å². The summed E-state index contributed by atoms with van der Waals surface area (Å²) in [4.78, 5) is 17.7. The second-order valence-electron chi connectivity index (χ2n) is 20.5. The van der Waals surface area contributed by atoms with Gasteiger partial charge >= 0.3 is 6.09 Å². The van der Waals surface area contributed by atoms with Gasteiger partial charge in [-0.1, -0.05) is 93.6 Å². The van der Waals surface area contributed by atoms with Crippen molar-refractivity contribution in [3.05, 3.63) is 114 Å².